The molecular formula is C10H7N2O3. The van der Waals surface area contributed by atoms with Gasteiger partial charge in [-0.1, -0.05) is 0 Å². The van der Waals surface area contributed by atoms with Crippen LogP contribution in [0.2, 0.25) is 0 Å². The maximum Gasteiger partial charge on any atom is 0.312 e. The highest BCUT2D eigenvalue weighted by atomic mass is 16.5. The third kappa shape index (κ3) is 2.14. The van der Waals surface area contributed by atoms with Crippen molar-refractivity contribution in [1.82, 2.24) is 10.3 Å². The Morgan fingerprint density at radius 2 is 2.27 bits per heavy atom. The Morgan fingerprint density at radius 1 is 1.40 bits per heavy atom. The van der Waals surface area contributed by atoms with E-state index < -0.39 is 5.91 Å². The van der Waals surface area contributed by atoms with Crippen LogP contribution in [0.4, 0.5) is 0 Å². The lowest BCUT2D eigenvalue weighted by Crippen LogP contribution is -2.19. The van der Waals surface area contributed by atoms with Gasteiger partial charge in [0.05, 0.1) is 0 Å². The van der Waals surface area contributed by atoms with Crippen LogP contribution in [0.25, 0.3) is 0 Å². The number of nitrogens with zero attached hydrogens (tertiary/aromatic N) is 2. The number of aromatic hydroxyl groups is 1. The number of pyridine rings is 1. The van der Waals surface area contributed by atoms with Gasteiger partial charge in [-0.15, -0.1) is 0 Å². The SMILES string of the molecule is O=C1[N]C=CC=C1Oc1ccnc(O)c1. The quantitative estimate of drug-likeness (QED) is 0.768. The molecular weight excluding hydrogens is 196 g/mol. The number of carbonyl (C=O) groups is 1. The van der Waals surface area contributed by atoms with Gasteiger partial charge in [0.15, 0.2) is 5.76 Å². The lowest BCUT2D eigenvalue weighted by atomic mass is 10.3. The highest BCUT2D eigenvalue weighted by Crippen LogP contribution is 2.18. The first-order chi connectivity index (χ1) is 7.25. The second-order valence-electron chi connectivity index (χ2n) is 2.76. The van der Waals surface area contributed by atoms with Crippen molar-refractivity contribution >= 4 is 5.91 Å². The Hall–Kier alpha value is -2.30. The van der Waals surface area contributed by atoms with Crippen molar-refractivity contribution < 1.29 is 14.6 Å². The van der Waals surface area contributed by atoms with E-state index in [1.165, 1.54) is 30.6 Å². The van der Waals surface area contributed by atoms with E-state index in [1.54, 1.807) is 6.08 Å². The van der Waals surface area contributed by atoms with Crippen molar-refractivity contribution in [3.63, 3.8) is 0 Å². The summed E-state index contributed by atoms with van der Waals surface area (Å²) < 4.78 is 5.21. The topological polar surface area (TPSA) is 73.5 Å². The molecule has 0 saturated carbocycles. The maximum atomic E-state index is 11.2. The smallest absolute Gasteiger partial charge is 0.312 e. The largest absolute Gasteiger partial charge is 0.493 e. The summed E-state index contributed by atoms with van der Waals surface area (Å²) in [7, 11) is 0. The summed E-state index contributed by atoms with van der Waals surface area (Å²) in [6.07, 6.45) is 5.87. The number of hydrogen-bond acceptors (Lipinski definition) is 4. The highest BCUT2D eigenvalue weighted by Gasteiger charge is 2.14. The summed E-state index contributed by atoms with van der Waals surface area (Å²) in [5.74, 6) is -0.159. The van der Waals surface area contributed by atoms with Gasteiger partial charge in [-0.05, 0) is 18.2 Å². The van der Waals surface area contributed by atoms with Crippen molar-refractivity contribution in [3.05, 3.63) is 42.4 Å². The molecule has 0 spiro atoms. The van der Waals surface area contributed by atoms with E-state index in [2.05, 4.69) is 10.3 Å². The minimum absolute atomic E-state index is 0.114. The Labute approximate surface area is 85.7 Å². The van der Waals surface area contributed by atoms with Gasteiger partial charge in [0, 0.05) is 18.5 Å². The van der Waals surface area contributed by atoms with E-state index in [0.717, 1.165) is 0 Å². The van der Waals surface area contributed by atoms with E-state index in [4.69, 9.17) is 9.84 Å². The van der Waals surface area contributed by atoms with Gasteiger partial charge in [0.25, 0.3) is 0 Å². The zero-order chi connectivity index (χ0) is 10.7. The van der Waals surface area contributed by atoms with Crippen LogP contribution >= 0.6 is 0 Å². The molecule has 1 aliphatic rings. The highest BCUT2D eigenvalue weighted by molar-refractivity contribution is 5.93. The zero-order valence-electron chi connectivity index (χ0n) is 7.62. The van der Waals surface area contributed by atoms with Crippen LogP contribution in [0, 0.1) is 0 Å². The first-order valence-electron chi connectivity index (χ1n) is 4.20. The second-order valence-corrected chi connectivity index (χ2v) is 2.76. The molecule has 1 amide bonds. The second kappa shape index (κ2) is 3.83. The number of aromatic nitrogens is 1. The molecule has 0 aliphatic carbocycles. The number of ether oxygens (including phenoxy) is 1. The van der Waals surface area contributed by atoms with Crippen molar-refractivity contribution in [2.45, 2.75) is 0 Å². The van der Waals surface area contributed by atoms with E-state index >= 15 is 0 Å². The van der Waals surface area contributed by atoms with Crippen LogP contribution in [0.15, 0.2) is 42.4 Å². The van der Waals surface area contributed by atoms with Crippen molar-refractivity contribution in [2.24, 2.45) is 0 Å². The molecule has 15 heavy (non-hydrogen) atoms. The third-order valence-electron chi connectivity index (χ3n) is 1.68. The number of carbonyl (C=O) groups excluding carboxylic acids is 1. The number of rotatable bonds is 2. The van der Waals surface area contributed by atoms with Gasteiger partial charge in [-0.3, -0.25) is 4.79 Å². The summed E-state index contributed by atoms with van der Waals surface area (Å²) >= 11 is 0. The molecule has 0 fully saturated rings. The molecule has 1 radical (unpaired) electrons. The fourth-order valence-corrected chi connectivity index (χ4v) is 1.04. The molecule has 1 aromatic rings. The zero-order valence-corrected chi connectivity index (χ0v) is 7.62. The van der Waals surface area contributed by atoms with Gasteiger partial charge in [-0.25, -0.2) is 10.3 Å². The van der Waals surface area contributed by atoms with E-state index in [-0.39, 0.29) is 11.6 Å². The first kappa shape index (κ1) is 9.26. The predicted molar refractivity (Wildman–Crippen MR) is 50.9 cm³/mol. The number of amides is 1. The Morgan fingerprint density at radius 3 is 3.00 bits per heavy atom. The summed E-state index contributed by atoms with van der Waals surface area (Å²) in [5.41, 5.74) is 0. The maximum absolute atomic E-state index is 11.2. The summed E-state index contributed by atoms with van der Waals surface area (Å²) in [6.45, 7) is 0. The summed E-state index contributed by atoms with van der Waals surface area (Å²) in [4.78, 5) is 14.8. The standard InChI is InChI=1S/C10H7N2O3/c13-9-6-7(3-5-11-9)15-8-2-1-4-12-10(8)14/h1-6H,(H,11,13). The number of allylic oxidation sites excluding steroid dienone is 2. The molecule has 2 rings (SSSR count). The van der Waals surface area contributed by atoms with Gasteiger partial charge >= 0.3 is 5.91 Å². The van der Waals surface area contributed by atoms with Crippen LogP contribution in [0.3, 0.4) is 0 Å². The number of hydrogen-bond donors (Lipinski definition) is 1. The third-order valence-corrected chi connectivity index (χ3v) is 1.68. The molecule has 0 bridgehead atoms. The normalized spacial score (nSPS) is 14.4. The fraction of sp³-hybridized carbons (Fsp3) is 0. The van der Waals surface area contributed by atoms with Gasteiger partial charge in [-0.2, -0.15) is 0 Å². The molecule has 1 N–H and O–H groups in total. The van der Waals surface area contributed by atoms with E-state index in [0.29, 0.717) is 5.75 Å². The van der Waals surface area contributed by atoms with Gasteiger partial charge in [0.1, 0.15) is 5.75 Å². The van der Waals surface area contributed by atoms with Crippen LogP contribution in [0.1, 0.15) is 0 Å². The molecule has 75 valence electrons. The minimum atomic E-state index is -0.450. The fourth-order valence-electron chi connectivity index (χ4n) is 1.04. The predicted octanol–water partition coefficient (Wildman–Crippen LogP) is 0.708. The Balaban J connectivity index is 2.18. The van der Waals surface area contributed by atoms with Crippen molar-refractivity contribution in [1.29, 1.82) is 0 Å². The lowest BCUT2D eigenvalue weighted by Gasteiger charge is -2.09. The molecule has 5 nitrogen and oxygen atoms in total. The molecule has 0 unspecified atom stereocenters. The first-order valence-corrected chi connectivity index (χ1v) is 4.20. The molecule has 0 aromatic carbocycles. The van der Waals surface area contributed by atoms with Crippen molar-refractivity contribution in [2.75, 3.05) is 0 Å². The summed E-state index contributed by atoms with van der Waals surface area (Å²) in [5, 5.41) is 12.6. The van der Waals surface area contributed by atoms with Crippen molar-refractivity contribution in [3.8, 4) is 11.6 Å². The van der Waals surface area contributed by atoms with Crippen LogP contribution in [-0.4, -0.2) is 16.0 Å². The van der Waals surface area contributed by atoms with E-state index in [1.807, 2.05) is 0 Å². The van der Waals surface area contributed by atoms with Crippen LogP contribution in [-0.2, 0) is 4.79 Å². The average molecular weight is 203 g/mol. The molecule has 0 atom stereocenters. The average Bonchev–Trinajstić information content (AvgIpc) is 2.22. The van der Waals surface area contributed by atoms with Crippen LogP contribution in [0.5, 0.6) is 11.6 Å². The molecule has 0 saturated heterocycles. The Bertz CT molecular complexity index is 452. The van der Waals surface area contributed by atoms with E-state index in [9.17, 15) is 4.79 Å². The molecule has 1 aromatic heterocycles. The minimum Gasteiger partial charge on any atom is -0.493 e. The Kier molecular flexibility index (Phi) is 2.37. The molecule has 1 aliphatic heterocycles. The molecule has 5 heteroatoms. The summed E-state index contributed by atoms with van der Waals surface area (Å²) in [6, 6.07) is 2.85. The van der Waals surface area contributed by atoms with Crippen LogP contribution < -0.4 is 10.1 Å². The molecule has 2 heterocycles. The van der Waals surface area contributed by atoms with Gasteiger partial charge < -0.3 is 9.84 Å². The van der Waals surface area contributed by atoms with Gasteiger partial charge in [0.2, 0.25) is 5.88 Å². The monoisotopic (exact) mass is 203 g/mol. The lowest BCUT2D eigenvalue weighted by molar-refractivity contribution is -0.119.